The molecule has 4 nitrogen and oxygen atoms in total. The van der Waals surface area contributed by atoms with E-state index in [9.17, 15) is 0 Å². The van der Waals surface area contributed by atoms with Crippen molar-refractivity contribution < 1.29 is 4.74 Å². The molecule has 0 aromatic heterocycles. The molecular weight excluding hydrogens is 250 g/mol. The Morgan fingerprint density at radius 1 is 1.15 bits per heavy atom. The Kier molecular flexibility index (Phi) is 8.27. The molecule has 0 spiro atoms. The van der Waals surface area contributed by atoms with Crippen LogP contribution in [0.3, 0.4) is 0 Å². The van der Waals surface area contributed by atoms with E-state index in [1.165, 1.54) is 12.8 Å². The molecule has 0 radical (unpaired) electrons. The molecule has 0 fully saturated rings. The molecule has 0 atom stereocenters. The van der Waals surface area contributed by atoms with Crippen molar-refractivity contribution in [3.05, 3.63) is 30.3 Å². The second-order valence-corrected chi connectivity index (χ2v) is 5.12. The number of hydrogen-bond acceptors (Lipinski definition) is 2. The standard InChI is InChI=1S/C16H27N3O/c1-14(2)8-7-11-18-16(17-3)19-12-13-20-15-9-5-4-6-10-15/h4-6,9-10,14H,7-8,11-13H2,1-3H3,(H2,17,18,19). The van der Waals surface area contributed by atoms with Crippen LogP contribution in [0.25, 0.3) is 0 Å². The van der Waals surface area contributed by atoms with Crippen molar-refractivity contribution in [1.82, 2.24) is 10.6 Å². The highest BCUT2D eigenvalue weighted by molar-refractivity contribution is 5.79. The fraction of sp³-hybridized carbons (Fsp3) is 0.562. The summed E-state index contributed by atoms with van der Waals surface area (Å²) in [5, 5.41) is 6.55. The largest absolute Gasteiger partial charge is 0.492 e. The maximum Gasteiger partial charge on any atom is 0.191 e. The fourth-order valence-electron chi connectivity index (χ4n) is 1.79. The molecule has 1 aromatic carbocycles. The second kappa shape index (κ2) is 10.1. The molecule has 0 aliphatic carbocycles. The molecule has 0 bridgehead atoms. The van der Waals surface area contributed by atoms with Gasteiger partial charge < -0.3 is 15.4 Å². The van der Waals surface area contributed by atoms with E-state index in [0.717, 1.165) is 30.7 Å². The number of aliphatic imine (C=N–C) groups is 1. The van der Waals surface area contributed by atoms with Gasteiger partial charge in [-0.1, -0.05) is 32.0 Å². The van der Waals surface area contributed by atoms with Gasteiger partial charge in [-0.05, 0) is 30.9 Å². The number of nitrogens with zero attached hydrogens (tertiary/aromatic N) is 1. The molecule has 1 aromatic rings. The minimum absolute atomic E-state index is 0.622. The van der Waals surface area contributed by atoms with Crippen LogP contribution in [0.1, 0.15) is 26.7 Å². The molecule has 112 valence electrons. The Morgan fingerprint density at radius 2 is 1.85 bits per heavy atom. The molecule has 20 heavy (non-hydrogen) atoms. The van der Waals surface area contributed by atoms with Crippen molar-refractivity contribution >= 4 is 5.96 Å². The predicted octanol–water partition coefficient (Wildman–Crippen LogP) is 2.67. The van der Waals surface area contributed by atoms with Gasteiger partial charge in [0.2, 0.25) is 0 Å². The number of hydrogen-bond donors (Lipinski definition) is 2. The number of rotatable bonds is 8. The molecule has 1 rings (SSSR count). The van der Waals surface area contributed by atoms with E-state index in [0.29, 0.717) is 6.61 Å². The average molecular weight is 277 g/mol. The van der Waals surface area contributed by atoms with Crippen LogP contribution < -0.4 is 15.4 Å². The van der Waals surface area contributed by atoms with Crippen LogP contribution in [-0.2, 0) is 0 Å². The second-order valence-electron chi connectivity index (χ2n) is 5.12. The number of guanidine groups is 1. The first kappa shape index (κ1) is 16.3. The molecule has 0 saturated heterocycles. The average Bonchev–Trinajstić information content (AvgIpc) is 2.46. The van der Waals surface area contributed by atoms with Gasteiger partial charge in [0.15, 0.2) is 5.96 Å². The monoisotopic (exact) mass is 277 g/mol. The van der Waals surface area contributed by atoms with Gasteiger partial charge in [0, 0.05) is 13.6 Å². The quantitative estimate of drug-likeness (QED) is 0.436. The molecule has 0 saturated carbocycles. The highest BCUT2D eigenvalue weighted by atomic mass is 16.5. The first-order chi connectivity index (χ1) is 9.72. The van der Waals surface area contributed by atoms with E-state index in [4.69, 9.17) is 4.74 Å². The van der Waals surface area contributed by atoms with Crippen LogP contribution in [0, 0.1) is 5.92 Å². The lowest BCUT2D eigenvalue weighted by Gasteiger charge is -2.13. The number of ether oxygens (including phenoxy) is 1. The third kappa shape index (κ3) is 7.67. The molecule has 0 heterocycles. The highest BCUT2D eigenvalue weighted by Crippen LogP contribution is 2.07. The molecule has 4 heteroatoms. The summed E-state index contributed by atoms with van der Waals surface area (Å²) in [6.07, 6.45) is 2.40. The van der Waals surface area contributed by atoms with Gasteiger partial charge in [-0.25, -0.2) is 0 Å². The lowest BCUT2D eigenvalue weighted by atomic mass is 10.1. The van der Waals surface area contributed by atoms with Crippen LogP contribution in [0.15, 0.2) is 35.3 Å². The van der Waals surface area contributed by atoms with E-state index in [1.54, 1.807) is 7.05 Å². The van der Waals surface area contributed by atoms with Crippen molar-refractivity contribution in [3.8, 4) is 5.75 Å². The van der Waals surface area contributed by atoms with Gasteiger partial charge in [-0.3, -0.25) is 4.99 Å². The number of para-hydroxylation sites is 1. The third-order valence-electron chi connectivity index (χ3n) is 2.88. The zero-order valence-corrected chi connectivity index (χ0v) is 12.9. The Hall–Kier alpha value is -1.71. The fourth-order valence-corrected chi connectivity index (χ4v) is 1.79. The van der Waals surface area contributed by atoms with Crippen LogP contribution in [0.2, 0.25) is 0 Å². The molecule has 0 aliphatic rings. The van der Waals surface area contributed by atoms with Crippen LogP contribution in [0.5, 0.6) is 5.75 Å². The maximum absolute atomic E-state index is 5.61. The van der Waals surface area contributed by atoms with Crippen LogP contribution >= 0.6 is 0 Å². The molecule has 2 N–H and O–H groups in total. The molecular formula is C16H27N3O. The highest BCUT2D eigenvalue weighted by Gasteiger charge is 1.98. The third-order valence-corrected chi connectivity index (χ3v) is 2.88. The zero-order chi connectivity index (χ0) is 14.6. The SMILES string of the molecule is CN=C(NCCCC(C)C)NCCOc1ccccc1. The van der Waals surface area contributed by atoms with Gasteiger partial charge in [0.1, 0.15) is 12.4 Å². The minimum atomic E-state index is 0.622. The van der Waals surface area contributed by atoms with E-state index in [2.05, 4.69) is 29.5 Å². The van der Waals surface area contributed by atoms with Gasteiger partial charge in [0.25, 0.3) is 0 Å². The minimum Gasteiger partial charge on any atom is -0.492 e. The first-order valence-corrected chi connectivity index (χ1v) is 7.34. The Bertz CT molecular complexity index is 377. The molecule has 0 amide bonds. The zero-order valence-electron chi connectivity index (χ0n) is 12.9. The summed E-state index contributed by atoms with van der Waals surface area (Å²) in [6.45, 7) is 6.80. The van der Waals surface area contributed by atoms with Gasteiger partial charge >= 0.3 is 0 Å². The first-order valence-electron chi connectivity index (χ1n) is 7.34. The lowest BCUT2D eigenvalue weighted by Crippen LogP contribution is -2.39. The maximum atomic E-state index is 5.61. The van der Waals surface area contributed by atoms with Crippen molar-refractivity contribution in [2.24, 2.45) is 10.9 Å². The summed E-state index contributed by atoms with van der Waals surface area (Å²) in [7, 11) is 1.79. The smallest absolute Gasteiger partial charge is 0.191 e. The van der Waals surface area contributed by atoms with Gasteiger partial charge in [-0.15, -0.1) is 0 Å². The summed E-state index contributed by atoms with van der Waals surface area (Å²) in [5.74, 6) is 2.49. The van der Waals surface area contributed by atoms with Crippen molar-refractivity contribution in [1.29, 1.82) is 0 Å². The lowest BCUT2D eigenvalue weighted by molar-refractivity contribution is 0.322. The molecule has 0 aliphatic heterocycles. The van der Waals surface area contributed by atoms with Gasteiger partial charge in [-0.2, -0.15) is 0 Å². The summed E-state index contributed by atoms with van der Waals surface area (Å²) in [6, 6.07) is 9.84. The predicted molar refractivity (Wildman–Crippen MR) is 85.4 cm³/mol. The Balaban J connectivity index is 2.09. The van der Waals surface area contributed by atoms with Crippen molar-refractivity contribution in [3.63, 3.8) is 0 Å². The topological polar surface area (TPSA) is 45.7 Å². The Labute approximate surface area is 122 Å². The van der Waals surface area contributed by atoms with Crippen LogP contribution in [0.4, 0.5) is 0 Å². The van der Waals surface area contributed by atoms with E-state index >= 15 is 0 Å². The molecule has 0 unspecified atom stereocenters. The summed E-state index contributed by atoms with van der Waals surface area (Å²) in [4.78, 5) is 4.19. The van der Waals surface area contributed by atoms with Crippen molar-refractivity contribution in [2.45, 2.75) is 26.7 Å². The summed E-state index contributed by atoms with van der Waals surface area (Å²) >= 11 is 0. The summed E-state index contributed by atoms with van der Waals surface area (Å²) < 4.78 is 5.61. The van der Waals surface area contributed by atoms with Gasteiger partial charge in [0.05, 0.1) is 6.54 Å². The Morgan fingerprint density at radius 3 is 2.50 bits per heavy atom. The number of nitrogens with one attached hydrogen (secondary N) is 2. The van der Waals surface area contributed by atoms with Crippen molar-refractivity contribution in [2.75, 3.05) is 26.7 Å². The van der Waals surface area contributed by atoms with Crippen LogP contribution in [-0.4, -0.2) is 32.7 Å². The normalized spacial score (nSPS) is 11.5. The van der Waals surface area contributed by atoms with E-state index in [-0.39, 0.29) is 0 Å². The van der Waals surface area contributed by atoms with E-state index < -0.39 is 0 Å². The summed E-state index contributed by atoms with van der Waals surface area (Å²) in [5.41, 5.74) is 0. The van der Waals surface area contributed by atoms with E-state index in [1.807, 2.05) is 30.3 Å². The number of benzene rings is 1.